The van der Waals surface area contributed by atoms with E-state index in [9.17, 15) is 13.2 Å². The standard InChI is InChI=1S/C17H18BrNO6S/c1-23-13-6-4-12(5-7-13)19(11-17(20)25-3)26(21,22)14-8-9-16(24-2)15(18)10-14/h4-10H,11H2,1-3H3. The molecule has 0 N–H and O–H groups in total. The van der Waals surface area contributed by atoms with E-state index in [1.165, 1.54) is 39.5 Å². The maximum atomic E-state index is 13.1. The van der Waals surface area contributed by atoms with Crippen LogP contribution in [0.5, 0.6) is 11.5 Å². The number of benzene rings is 2. The van der Waals surface area contributed by atoms with Gasteiger partial charge >= 0.3 is 5.97 Å². The summed E-state index contributed by atoms with van der Waals surface area (Å²) >= 11 is 3.27. The zero-order valence-corrected chi connectivity index (χ0v) is 16.8. The normalized spacial score (nSPS) is 10.9. The lowest BCUT2D eigenvalue weighted by molar-refractivity contribution is -0.138. The van der Waals surface area contributed by atoms with Crippen molar-refractivity contribution in [2.75, 3.05) is 32.2 Å². The molecule has 0 radical (unpaired) electrons. The first-order valence-electron chi connectivity index (χ1n) is 7.40. The molecule has 0 aliphatic heterocycles. The molecule has 0 saturated carbocycles. The summed E-state index contributed by atoms with van der Waals surface area (Å²) in [5.74, 6) is 0.376. The number of rotatable bonds is 7. The summed E-state index contributed by atoms with van der Waals surface area (Å²) in [5.41, 5.74) is 0.308. The van der Waals surface area contributed by atoms with Crippen LogP contribution in [0.15, 0.2) is 51.8 Å². The minimum Gasteiger partial charge on any atom is -0.497 e. The van der Waals surface area contributed by atoms with Gasteiger partial charge in [0.05, 0.1) is 36.4 Å². The van der Waals surface area contributed by atoms with E-state index in [0.717, 1.165) is 4.31 Å². The molecule has 7 nitrogen and oxygen atoms in total. The van der Waals surface area contributed by atoms with Crippen molar-refractivity contribution in [1.29, 1.82) is 0 Å². The van der Waals surface area contributed by atoms with Gasteiger partial charge in [-0.3, -0.25) is 9.10 Å². The smallest absolute Gasteiger partial charge is 0.326 e. The SMILES string of the molecule is COC(=O)CN(c1ccc(OC)cc1)S(=O)(=O)c1ccc(OC)c(Br)c1. The second kappa shape index (κ2) is 8.41. The average molecular weight is 444 g/mol. The van der Waals surface area contributed by atoms with Crippen molar-refractivity contribution in [3.05, 3.63) is 46.9 Å². The van der Waals surface area contributed by atoms with Crippen LogP contribution in [-0.4, -0.2) is 42.3 Å². The van der Waals surface area contributed by atoms with Crippen LogP contribution in [0.2, 0.25) is 0 Å². The van der Waals surface area contributed by atoms with Crippen LogP contribution in [0.1, 0.15) is 0 Å². The van der Waals surface area contributed by atoms with Gasteiger partial charge in [-0.2, -0.15) is 0 Å². The molecule has 0 aromatic heterocycles. The van der Waals surface area contributed by atoms with Gasteiger partial charge in [0.25, 0.3) is 10.0 Å². The fourth-order valence-electron chi connectivity index (χ4n) is 2.18. The van der Waals surface area contributed by atoms with E-state index in [4.69, 9.17) is 9.47 Å². The number of methoxy groups -OCH3 is 3. The number of nitrogens with zero attached hydrogens (tertiary/aromatic N) is 1. The van der Waals surface area contributed by atoms with E-state index >= 15 is 0 Å². The van der Waals surface area contributed by atoms with E-state index in [-0.39, 0.29) is 4.90 Å². The fraction of sp³-hybridized carbons (Fsp3) is 0.235. The number of carbonyl (C=O) groups is 1. The molecule has 140 valence electrons. The fourth-order valence-corrected chi connectivity index (χ4v) is 4.31. The topological polar surface area (TPSA) is 82.1 Å². The third kappa shape index (κ3) is 4.28. The molecule has 2 aromatic carbocycles. The van der Waals surface area contributed by atoms with Crippen LogP contribution in [-0.2, 0) is 19.6 Å². The first-order valence-corrected chi connectivity index (χ1v) is 9.64. The molecule has 0 spiro atoms. The first-order chi connectivity index (χ1) is 12.3. The summed E-state index contributed by atoms with van der Waals surface area (Å²) in [7, 11) is 0.167. The predicted molar refractivity (Wildman–Crippen MR) is 100 cm³/mol. The second-order valence-electron chi connectivity index (χ2n) is 5.08. The van der Waals surface area contributed by atoms with Crippen LogP contribution in [0.25, 0.3) is 0 Å². The van der Waals surface area contributed by atoms with Crippen molar-refractivity contribution in [1.82, 2.24) is 0 Å². The number of sulfonamides is 1. The van der Waals surface area contributed by atoms with Crippen molar-refractivity contribution >= 4 is 37.6 Å². The quantitative estimate of drug-likeness (QED) is 0.611. The van der Waals surface area contributed by atoms with Crippen LogP contribution in [0, 0.1) is 0 Å². The van der Waals surface area contributed by atoms with Crippen molar-refractivity contribution in [2.24, 2.45) is 0 Å². The van der Waals surface area contributed by atoms with E-state index in [2.05, 4.69) is 20.7 Å². The van der Waals surface area contributed by atoms with Gasteiger partial charge in [-0.25, -0.2) is 8.42 Å². The lowest BCUT2D eigenvalue weighted by Crippen LogP contribution is -2.36. The van der Waals surface area contributed by atoms with Gasteiger partial charge in [0.1, 0.15) is 18.0 Å². The van der Waals surface area contributed by atoms with Crippen LogP contribution in [0.4, 0.5) is 5.69 Å². The van der Waals surface area contributed by atoms with Gasteiger partial charge < -0.3 is 14.2 Å². The summed E-state index contributed by atoms with van der Waals surface area (Å²) in [5, 5.41) is 0. The molecule has 0 bridgehead atoms. The number of anilines is 1. The summed E-state index contributed by atoms with van der Waals surface area (Å²) < 4.78 is 42.5. The van der Waals surface area contributed by atoms with E-state index < -0.39 is 22.5 Å². The molecule has 0 aliphatic carbocycles. The largest absolute Gasteiger partial charge is 0.497 e. The molecule has 2 aromatic rings. The molecule has 0 saturated heterocycles. The third-order valence-corrected chi connectivity index (χ3v) is 5.96. The molecule has 0 unspecified atom stereocenters. The molecule has 9 heteroatoms. The number of halogens is 1. The Bertz CT molecular complexity index is 883. The lowest BCUT2D eigenvalue weighted by atomic mass is 10.3. The highest BCUT2D eigenvalue weighted by Crippen LogP contribution is 2.31. The maximum absolute atomic E-state index is 13.1. The number of hydrogen-bond acceptors (Lipinski definition) is 6. The minimum atomic E-state index is -4.02. The summed E-state index contributed by atoms with van der Waals surface area (Å²) in [6, 6.07) is 10.7. The van der Waals surface area contributed by atoms with Gasteiger partial charge in [-0.1, -0.05) is 0 Å². The second-order valence-corrected chi connectivity index (χ2v) is 7.80. The van der Waals surface area contributed by atoms with Gasteiger partial charge in [0.2, 0.25) is 0 Å². The molecule has 0 atom stereocenters. The van der Waals surface area contributed by atoms with Crippen LogP contribution in [0.3, 0.4) is 0 Å². The molecule has 26 heavy (non-hydrogen) atoms. The number of hydrogen-bond donors (Lipinski definition) is 0. The van der Waals surface area contributed by atoms with E-state index in [1.54, 1.807) is 24.3 Å². The predicted octanol–water partition coefficient (Wildman–Crippen LogP) is 2.83. The molecular formula is C17H18BrNO6S. The molecule has 0 heterocycles. The van der Waals surface area contributed by atoms with Gasteiger partial charge in [0, 0.05) is 0 Å². The Morgan fingerprint density at radius 1 is 1.04 bits per heavy atom. The molecule has 0 aliphatic rings. The Labute approximate surface area is 160 Å². The van der Waals surface area contributed by atoms with Crippen LogP contribution < -0.4 is 13.8 Å². The van der Waals surface area contributed by atoms with Gasteiger partial charge in [0.15, 0.2) is 0 Å². The van der Waals surface area contributed by atoms with Gasteiger partial charge in [-0.05, 0) is 58.4 Å². The Kier molecular flexibility index (Phi) is 6.49. The Balaban J connectivity index is 2.51. The summed E-state index contributed by atoms with van der Waals surface area (Å²) in [6.45, 7) is -0.463. The minimum absolute atomic E-state index is 0.00453. The highest BCUT2D eigenvalue weighted by molar-refractivity contribution is 9.10. The molecule has 0 fully saturated rings. The highest BCUT2D eigenvalue weighted by Gasteiger charge is 2.28. The zero-order chi connectivity index (χ0) is 19.3. The van der Waals surface area contributed by atoms with Crippen molar-refractivity contribution < 1.29 is 27.4 Å². The Hall–Kier alpha value is -2.26. The number of ether oxygens (including phenoxy) is 3. The zero-order valence-electron chi connectivity index (χ0n) is 14.4. The highest BCUT2D eigenvalue weighted by atomic mass is 79.9. The number of carbonyl (C=O) groups excluding carboxylic acids is 1. The van der Waals surface area contributed by atoms with Crippen molar-refractivity contribution in [3.8, 4) is 11.5 Å². The molecule has 2 rings (SSSR count). The van der Waals surface area contributed by atoms with Crippen molar-refractivity contribution in [2.45, 2.75) is 4.90 Å². The summed E-state index contributed by atoms with van der Waals surface area (Å²) in [6.07, 6.45) is 0. The third-order valence-electron chi connectivity index (χ3n) is 3.57. The monoisotopic (exact) mass is 443 g/mol. The lowest BCUT2D eigenvalue weighted by Gasteiger charge is -2.23. The van der Waals surface area contributed by atoms with Crippen molar-refractivity contribution in [3.63, 3.8) is 0 Å². The van der Waals surface area contributed by atoms with Gasteiger partial charge in [-0.15, -0.1) is 0 Å². The maximum Gasteiger partial charge on any atom is 0.326 e. The number of esters is 1. The molecular weight excluding hydrogens is 426 g/mol. The summed E-state index contributed by atoms with van der Waals surface area (Å²) in [4.78, 5) is 11.8. The average Bonchev–Trinajstić information content (AvgIpc) is 2.65. The van der Waals surface area contributed by atoms with E-state index in [1.807, 2.05) is 0 Å². The Morgan fingerprint density at radius 3 is 2.19 bits per heavy atom. The van der Waals surface area contributed by atoms with Crippen LogP contribution >= 0.6 is 15.9 Å². The Morgan fingerprint density at radius 2 is 1.69 bits per heavy atom. The van der Waals surface area contributed by atoms with E-state index in [0.29, 0.717) is 21.7 Å². The molecule has 0 amide bonds. The first kappa shape index (κ1) is 20.1.